The molecule has 0 saturated heterocycles. The Balaban J connectivity index is 2.13. The molecule has 1 saturated carbocycles. The Kier molecular flexibility index (Phi) is 3.51. The van der Waals surface area contributed by atoms with Crippen molar-refractivity contribution in [3.05, 3.63) is 30.3 Å². The van der Waals surface area contributed by atoms with Crippen molar-refractivity contribution in [1.29, 1.82) is 0 Å². The highest BCUT2D eigenvalue weighted by atomic mass is 28.3. The van der Waals surface area contributed by atoms with E-state index in [1.807, 2.05) is 0 Å². The van der Waals surface area contributed by atoms with Crippen molar-refractivity contribution < 1.29 is 0 Å². The fourth-order valence-corrected chi connectivity index (χ4v) is 4.01. The largest absolute Gasteiger partial charge is 0.162 e. The molecule has 0 atom stereocenters. The van der Waals surface area contributed by atoms with E-state index in [1.165, 1.54) is 30.9 Å². The van der Waals surface area contributed by atoms with E-state index in [2.05, 4.69) is 54.9 Å². The molecule has 1 aliphatic rings. The van der Waals surface area contributed by atoms with Crippen molar-refractivity contribution in [2.24, 2.45) is 5.92 Å². The fourth-order valence-electron chi connectivity index (χ4n) is 2.28. The average Bonchev–Trinajstić information content (AvgIpc) is 2.81. The maximum atomic E-state index is 3.61. The molecule has 1 aliphatic carbocycles. The standard InChI is InChI=1S/C15H20Si/c1-16(2,15-10-4-3-5-11-15)13-12-14-8-6-7-9-14/h3-5,10-11,14H,6-9H2,1-2H3. The third kappa shape index (κ3) is 2.77. The summed E-state index contributed by atoms with van der Waals surface area (Å²) in [6.45, 7) is 4.70. The second kappa shape index (κ2) is 4.89. The molecule has 1 fully saturated rings. The molecule has 1 aromatic rings. The number of rotatable bonds is 1. The summed E-state index contributed by atoms with van der Waals surface area (Å²) in [6.07, 6.45) is 5.41. The molecule has 84 valence electrons. The highest BCUT2D eigenvalue weighted by molar-refractivity contribution is 6.96. The summed E-state index contributed by atoms with van der Waals surface area (Å²) in [6, 6.07) is 10.8. The Bertz CT molecular complexity index is 388. The van der Waals surface area contributed by atoms with Gasteiger partial charge in [-0.2, -0.15) is 0 Å². The lowest BCUT2D eigenvalue weighted by Crippen LogP contribution is -2.40. The summed E-state index contributed by atoms with van der Waals surface area (Å²) in [4.78, 5) is 0. The zero-order chi connectivity index (χ0) is 11.4. The van der Waals surface area contributed by atoms with Crippen LogP contribution in [0.3, 0.4) is 0 Å². The quantitative estimate of drug-likeness (QED) is 0.511. The number of hydrogen-bond acceptors (Lipinski definition) is 0. The van der Waals surface area contributed by atoms with Crippen LogP contribution < -0.4 is 5.19 Å². The molecule has 0 unspecified atom stereocenters. The van der Waals surface area contributed by atoms with Gasteiger partial charge in [-0.25, -0.2) is 0 Å². The molecule has 0 aliphatic heterocycles. The molecule has 0 amide bonds. The second-order valence-electron chi connectivity index (χ2n) is 5.24. The first-order valence-corrected chi connectivity index (χ1v) is 9.27. The van der Waals surface area contributed by atoms with E-state index in [0.29, 0.717) is 5.92 Å². The molecule has 1 aromatic carbocycles. The van der Waals surface area contributed by atoms with E-state index in [4.69, 9.17) is 0 Å². The lowest BCUT2D eigenvalue weighted by atomic mass is 10.1. The molecule has 0 N–H and O–H groups in total. The van der Waals surface area contributed by atoms with Crippen LogP contribution in [0.25, 0.3) is 0 Å². The zero-order valence-electron chi connectivity index (χ0n) is 10.3. The summed E-state index contributed by atoms with van der Waals surface area (Å²) < 4.78 is 0. The van der Waals surface area contributed by atoms with Gasteiger partial charge in [0.2, 0.25) is 0 Å². The summed E-state index contributed by atoms with van der Waals surface area (Å²) in [5.41, 5.74) is 3.61. The Morgan fingerprint density at radius 3 is 2.31 bits per heavy atom. The monoisotopic (exact) mass is 228 g/mol. The summed E-state index contributed by atoms with van der Waals surface area (Å²) in [5, 5.41) is 1.46. The van der Waals surface area contributed by atoms with Crippen molar-refractivity contribution >= 4 is 13.3 Å². The maximum Gasteiger partial charge on any atom is 0.162 e. The first kappa shape index (κ1) is 11.5. The topological polar surface area (TPSA) is 0 Å². The SMILES string of the molecule is C[Si](C)(C#CC1CCCC1)c1ccccc1. The van der Waals surface area contributed by atoms with Crippen molar-refractivity contribution in [3.63, 3.8) is 0 Å². The Morgan fingerprint density at radius 2 is 1.69 bits per heavy atom. The first-order chi connectivity index (χ1) is 7.68. The predicted molar refractivity (Wildman–Crippen MR) is 73.3 cm³/mol. The summed E-state index contributed by atoms with van der Waals surface area (Å²) in [7, 11) is -1.51. The Hall–Kier alpha value is -1.00. The van der Waals surface area contributed by atoms with Crippen LogP contribution in [0.1, 0.15) is 25.7 Å². The molecule has 0 radical (unpaired) electrons. The van der Waals surface area contributed by atoms with Crippen molar-refractivity contribution in [2.75, 3.05) is 0 Å². The minimum atomic E-state index is -1.51. The van der Waals surface area contributed by atoms with E-state index in [9.17, 15) is 0 Å². The van der Waals surface area contributed by atoms with Crippen molar-refractivity contribution in [2.45, 2.75) is 38.8 Å². The molecule has 0 heterocycles. The molecule has 0 aromatic heterocycles. The molecule has 0 spiro atoms. The third-order valence-corrected chi connectivity index (χ3v) is 5.99. The lowest BCUT2D eigenvalue weighted by molar-refractivity contribution is 0.712. The Morgan fingerprint density at radius 1 is 1.06 bits per heavy atom. The predicted octanol–water partition coefficient (Wildman–Crippen LogP) is 3.33. The van der Waals surface area contributed by atoms with Gasteiger partial charge in [-0.05, 0) is 18.0 Å². The van der Waals surface area contributed by atoms with Gasteiger partial charge in [0.1, 0.15) is 0 Å². The summed E-state index contributed by atoms with van der Waals surface area (Å²) in [5.74, 6) is 4.22. The maximum absolute atomic E-state index is 3.61. The van der Waals surface area contributed by atoms with Crippen LogP contribution in [0.4, 0.5) is 0 Å². The normalized spacial score (nSPS) is 16.9. The van der Waals surface area contributed by atoms with Gasteiger partial charge < -0.3 is 0 Å². The molecule has 1 heteroatoms. The fraction of sp³-hybridized carbons (Fsp3) is 0.467. The van der Waals surface area contributed by atoms with Gasteiger partial charge in [0.05, 0.1) is 0 Å². The van der Waals surface area contributed by atoms with Gasteiger partial charge in [0.15, 0.2) is 8.07 Å². The van der Waals surface area contributed by atoms with Crippen LogP contribution in [0.15, 0.2) is 30.3 Å². The van der Waals surface area contributed by atoms with Crippen LogP contribution in [0.2, 0.25) is 13.1 Å². The van der Waals surface area contributed by atoms with Gasteiger partial charge in [-0.1, -0.05) is 56.3 Å². The van der Waals surface area contributed by atoms with Crippen LogP contribution in [-0.4, -0.2) is 8.07 Å². The molecular weight excluding hydrogens is 208 g/mol. The molecular formula is C15H20Si. The van der Waals surface area contributed by atoms with Crippen LogP contribution in [0, 0.1) is 17.4 Å². The van der Waals surface area contributed by atoms with E-state index in [0.717, 1.165) is 0 Å². The van der Waals surface area contributed by atoms with Gasteiger partial charge in [0.25, 0.3) is 0 Å². The molecule has 2 rings (SSSR count). The van der Waals surface area contributed by atoms with E-state index in [1.54, 1.807) is 0 Å². The van der Waals surface area contributed by atoms with Crippen molar-refractivity contribution in [1.82, 2.24) is 0 Å². The highest BCUT2D eigenvalue weighted by Crippen LogP contribution is 2.23. The highest BCUT2D eigenvalue weighted by Gasteiger charge is 2.21. The minimum absolute atomic E-state index is 0.690. The van der Waals surface area contributed by atoms with Crippen LogP contribution in [0.5, 0.6) is 0 Å². The van der Waals surface area contributed by atoms with Gasteiger partial charge in [-0.15, -0.1) is 11.5 Å². The summed E-state index contributed by atoms with van der Waals surface area (Å²) >= 11 is 0. The van der Waals surface area contributed by atoms with Crippen molar-refractivity contribution in [3.8, 4) is 11.5 Å². The molecule has 0 bridgehead atoms. The van der Waals surface area contributed by atoms with E-state index in [-0.39, 0.29) is 0 Å². The number of benzene rings is 1. The average molecular weight is 228 g/mol. The molecule has 16 heavy (non-hydrogen) atoms. The van der Waals surface area contributed by atoms with Gasteiger partial charge >= 0.3 is 0 Å². The van der Waals surface area contributed by atoms with Gasteiger partial charge in [0, 0.05) is 5.92 Å². The third-order valence-electron chi connectivity index (χ3n) is 3.44. The lowest BCUT2D eigenvalue weighted by Gasteiger charge is -2.15. The van der Waals surface area contributed by atoms with Crippen LogP contribution >= 0.6 is 0 Å². The second-order valence-corrected chi connectivity index (χ2v) is 9.32. The van der Waals surface area contributed by atoms with E-state index < -0.39 is 8.07 Å². The molecule has 0 nitrogen and oxygen atoms in total. The van der Waals surface area contributed by atoms with Crippen LogP contribution in [-0.2, 0) is 0 Å². The van der Waals surface area contributed by atoms with Gasteiger partial charge in [-0.3, -0.25) is 0 Å². The minimum Gasteiger partial charge on any atom is -0.126 e. The first-order valence-electron chi connectivity index (χ1n) is 6.27. The smallest absolute Gasteiger partial charge is 0.126 e. The number of hydrogen-bond donors (Lipinski definition) is 0. The zero-order valence-corrected chi connectivity index (χ0v) is 11.3. The Labute approximate surface area is 100 Å². The van der Waals surface area contributed by atoms with E-state index >= 15 is 0 Å².